The Bertz CT molecular complexity index is 511. The topological polar surface area (TPSA) is 102 Å². The van der Waals surface area contributed by atoms with E-state index in [4.69, 9.17) is 5.11 Å². The summed E-state index contributed by atoms with van der Waals surface area (Å²) in [4.78, 5) is 11.3. The highest BCUT2D eigenvalue weighted by Crippen LogP contribution is 2.22. The van der Waals surface area contributed by atoms with E-state index in [1.54, 1.807) is 0 Å². The monoisotopic (exact) mass is 269 g/mol. The minimum Gasteiger partial charge on any atom is -0.396 e. The predicted octanol–water partition coefficient (Wildman–Crippen LogP) is 0.618. The van der Waals surface area contributed by atoms with Crippen LogP contribution in [-0.2, 0) is 0 Å². The highest BCUT2D eigenvalue weighted by atomic mass is 32.1. The summed E-state index contributed by atoms with van der Waals surface area (Å²) >= 11 is 1.52. The van der Waals surface area contributed by atoms with E-state index in [0.29, 0.717) is 17.2 Å². The maximum absolute atomic E-state index is 9.84. The number of H-pyrrole nitrogens is 1. The Kier molecular flexibility index (Phi) is 4.07. The van der Waals surface area contributed by atoms with Crippen LogP contribution in [-0.4, -0.2) is 43.0 Å². The van der Waals surface area contributed by atoms with E-state index >= 15 is 0 Å². The molecule has 0 aliphatic carbocycles. The van der Waals surface area contributed by atoms with Crippen LogP contribution >= 0.6 is 11.3 Å². The fraction of sp³-hybridized carbons (Fsp3) is 0.455. The smallest absolute Gasteiger partial charge is 0.157 e. The van der Waals surface area contributed by atoms with Gasteiger partial charge in [0.05, 0.1) is 23.0 Å². The quantitative estimate of drug-likeness (QED) is 0.637. The van der Waals surface area contributed by atoms with Crippen molar-refractivity contribution in [3.8, 4) is 11.5 Å². The van der Waals surface area contributed by atoms with Gasteiger partial charge in [-0.1, -0.05) is 0 Å². The fourth-order valence-electron chi connectivity index (χ4n) is 1.59. The lowest BCUT2D eigenvalue weighted by molar-refractivity contribution is 0.00216. The summed E-state index contributed by atoms with van der Waals surface area (Å²) in [6.45, 7) is 1.72. The number of imidazole rings is 1. The first-order chi connectivity index (χ1) is 8.61. The van der Waals surface area contributed by atoms with Gasteiger partial charge in [-0.2, -0.15) is 0 Å². The molecule has 2 aromatic heterocycles. The molecule has 4 N–H and O–H groups in total. The maximum atomic E-state index is 9.84. The van der Waals surface area contributed by atoms with Crippen LogP contribution < -0.4 is 0 Å². The van der Waals surface area contributed by atoms with Crippen molar-refractivity contribution >= 4 is 11.3 Å². The normalized spacial score (nSPS) is 14.7. The number of aromatic amines is 1. The average Bonchev–Trinajstić information content (AvgIpc) is 2.96. The lowest BCUT2D eigenvalue weighted by Gasteiger charge is -2.14. The summed E-state index contributed by atoms with van der Waals surface area (Å²) < 4.78 is 0. The zero-order chi connectivity index (χ0) is 13.1. The van der Waals surface area contributed by atoms with Crippen LogP contribution in [0.15, 0.2) is 11.6 Å². The van der Waals surface area contributed by atoms with Crippen molar-refractivity contribution in [1.29, 1.82) is 0 Å². The van der Waals surface area contributed by atoms with E-state index in [1.807, 2.05) is 12.3 Å². The molecule has 18 heavy (non-hydrogen) atoms. The number of hydrogen-bond donors (Lipinski definition) is 4. The standard InChI is InChI=1S/C11H15N3O3S/c1-6-13-8(5-18-6)11-12-4-7(14-11)10(17)9(16)2-3-15/h4-5,9-10,15-17H,2-3H2,1H3,(H,12,14). The van der Waals surface area contributed by atoms with Gasteiger partial charge in [-0.25, -0.2) is 9.97 Å². The van der Waals surface area contributed by atoms with Gasteiger partial charge in [0, 0.05) is 12.0 Å². The molecular weight excluding hydrogens is 254 g/mol. The molecule has 0 aliphatic heterocycles. The molecule has 0 amide bonds. The first kappa shape index (κ1) is 13.2. The van der Waals surface area contributed by atoms with Gasteiger partial charge in [-0.3, -0.25) is 0 Å². The lowest BCUT2D eigenvalue weighted by atomic mass is 10.1. The Morgan fingerprint density at radius 3 is 2.83 bits per heavy atom. The summed E-state index contributed by atoms with van der Waals surface area (Å²) in [5.74, 6) is 0.560. The Morgan fingerprint density at radius 2 is 2.22 bits per heavy atom. The SMILES string of the molecule is Cc1nc(-c2ncc(C(O)C(O)CCO)[nH]2)cs1. The van der Waals surface area contributed by atoms with Gasteiger partial charge in [0.15, 0.2) is 5.82 Å². The van der Waals surface area contributed by atoms with Crippen molar-refractivity contribution < 1.29 is 15.3 Å². The van der Waals surface area contributed by atoms with Gasteiger partial charge < -0.3 is 20.3 Å². The number of nitrogens with one attached hydrogen (secondary N) is 1. The largest absolute Gasteiger partial charge is 0.396 e. The Labute approximate surface area is 108 Å². The summed E-state index contributed by atoms with van der Waals surface area (Å²) in [5.41, 5.74) is 1.13. The minimum atomic E-state index is -1.09. The molecule has 6 nitrogen and oxygen atoms in total. The molecule has 2 rings (SSSR count). The third-order valence-electron chi connectivity index (χ3n) is 2.57. The van der Waals surface area contributed by atoms with E-state index in [0.717, 1.165) is 5.01 Å². The van der Waals surface area contributed by atoms with Gasteiger partial charge in [-0.15, -0.1) is 11.3 Å². The van der Waals surface area contributed by atoms with E-state index in [1.165, 1.54) is 17.5 Å². The third-order valence-corrected chi connectivity index (χ3v) is 3.34. The minimum absolute atomic E-state index is 0.116. The number of rotatable bonds is 5. The molecule has 2 atom stereocenters. The number of aryl methyl sites for hydroxylation is 1. The van der Waals surface area contributed by atoms with Crippen LogP contribution in [0.3, 0.4) is 0 Å². The number of aliphatic hydroxyl groups is 3. The Morgan fingerprint density at radius 1 is 1.44 bits per heavy atom. The molecule has 0 aromatic carbocycles. The molecule has 0 fully saturated rings. The number of nitrogens with zero attached hydrogens (tertiary/aromatic N) is 2. The van der Waals surface area contributed by atoms with Crippen molar-refractivity contribution in [2.45, 2.75) is 25.6 Å². The first-order valence-corrected chi connectivity index (χ1v) is 6.44. The molecule has 0 saturated heterocycles. The van der Waals surface area contributed by atoms with E-state index in [-0.39, 0.29) is 13.0 Å². The summed E-state index contributed by atoms with van der Waals surface area (Å²) in [6, 6.07) is 0. The molecule has 0 saturated carbocycles. The zero-order valence-electron chi connectivity index (χ0n) is 9.87. The van der Waals surface area contributed by atoms with E-state index in [2.05, 4.69) is 15.0 Å². The van der Waals surface area contributed by atoms with Crippen LogP contribution in [0.4, 0.5) is 0 Å². The van der Waals surface area contributed by atoms with Crippen molar-refractivity contribution in [3.05, 3.63) is 22.3 Å². The first-order valence-electron chi connectivity index (χ1n) is 5.56. The number of aliphatic hydroxyl groups excluding tert-OH is 3. The highest BCUT2D eigenvalue weighted by Gasteiger charge is 2.20. The summed E-state index contributed by atoms with van der Waals surface area (Å²) in [6.07, 6.45) is -0.515. The average molecular weight is 269 g/mol. The molecule has 7 heteroatoms. The van der Waals surface area contributed by atoms with Gasteiger partial charge >= 0.3 is 0 Å². The van der Waals surface area contributed by atoms with Gasteiger partial charge in [0.1, 0.15) is 11.8 Å². The molecule has 0 radical (unpaired) electrons. The summed E-state index contributed by atoms with van der Waals surface area (Å²) in [5, 5.41) is 30.9. The summed E-state index contributed by atoms with van der Waals surface area (Å²) in [7, 11) is 0. The number of aromatic nitrogens is 3. The second-order valence-electron chi connectivity index (χ2n) is 3.96. The second kappa shape index (κ2) is 5.57. The Hall–Kier alpha value is -1.28. The van der Waals surface area contributed by atoms with Crippen LogP contribution in [0.2, 0.25) is 0 Å². The molecule has 0 aliphatic rings. The van der Waals surface area contributed by atoms with Gasteiger partial charge in [0.25, 0.3) is 0 Å². The molecular formula is C11H15N3O3S. The molecule has 0 spiro atoms. The Balaban J connectivity index is 2.15. The van der Waals surface area contributed by atoms with Crippen molar-refractivity contribution in [1.82, 2.24) is 15.0 Å². The molecule has 2 aromatic rings. The van der Waals surface area contributed by atoms with Crippen molar-refractivity contribution in [2.24, 2.45) is 0 Å². The lowest BCUT2D eigenvalue weighted by Crippen LogP contribution is -2.19. The molecule has 2 heterocycles. The van der Waals surface area contributed by atoms with E-state index < -0.39 is 12.2 Å². The van der Waals surface area contributed by atoms with Crippen LogP contribution in [0.1, 0.15) is 23.2 Å². The second-order valence-corrected chi connectivity index (χ2v) is 5.03. The third kappa shape index (κ3) is 2.75. The van der Waals surface area contributed by atoms with E-state index in [9.17, 15) is 10.2 Å². The predicted molar refractivity (Wildman–Crippen MR) is 67.1 cm³/mol. The highest BCUT2D eigenvalue weighted by molar-refractivity contribution is 7.09. The van der Waals surface area contributed by atoms with Crippen LogP contribution in [0, 0.1) is 6.92 Å². The maximum Gasteiger partial charge on any atom is 0.157 e. The molecule has 98 valence electrons. The van der Waals surface area contributed by atoms with Crippen LogP contribution in [0.25, 0.3) is 11.5 Å². The van der Waals surface area contributed by atoms with Gasteiger partial charge in [-0.05, 0) is 13.3 Å². The zero-order valence-corrected chi connectivity index (χ0v) is 10.7. The van der Waals surface area contributed by atoms with Crippen LogP contribution in [0.5, 0.6) is 0 Å². The number of thiazole rings is 1. The molecule has 2 unspecified atom stereocenters. The van der Waals surface area contributed by atoms with Gasteiger partial charge in [0.2, 0.25) is 0 Å². The van der Waals surface area contributed by atoms with Crippen molar-refractivity contribution in [2.75, 3.05) is 6.61 Å². The fourth-order valence-corrected chi connectivity index (χ4v) is 2.18. The number of hydrogen-bond acceptors (Lipinski definition) is 6. The van der Waals surface area contributed by atoms with Crippen molar-refractivity contribution in [3.63, 3.8) is 0 Å². The molecule has 0 bridgehead atoms.